The van der Waals surface area contributed by atoms with Gasteiger partial charge >= 0.3 is 0 Å². The van der Waals surface area contributed by atoms with Crippen molar-refractivity contribution >= 4 is 16.9 Å². The second-order valence-corrected chi connectivity index (χ2v) is 8.42. The highest BCUT2D eigenvalue weighted by Crippen LogP contribution is 2.52. The molecule has 7 heteroatoms. The van der Waals surface area contributed by atoms with Crippen LogP contribution >= 0.6 is 11.8 Å². The van der Waals surface area contributed by atoms with E-state index in [2.05, 4.69) is 35.9 Å². The molecule has 1 fully saturated rings. The van der Waals surface area contributed by atoms with Gasteiger partial charge in [-0.2, -0.15) is 0 Å². The van der Waals surface area contributed by atoms with Crippen LogP contribution in [0.1, 0.15) is 50.0 Å². The first-order valence-electron chi connectivity index (χ1n) is 10.3. The van der Waals surface area contributed by atoms with E-state index < -0.39 is 0 Å². The molecule has 2 aromatic rings. The van der Waals surface area contributed by atoms with Crippen molar-refractivity contribution in [3.05, 3.63) is 47.8 Å². The molecule has 3 aliphatic rings. The summed E-state index contributed by atoms with van der Waals surface area (Å²) in [6.07, 6.45) is 3.86. The summed E-state index contributed by atoms with van der Waals surface area (Å²) in [7, 11) is 0. The second kappa shape index (κ2) is 7.78. The van der Waals surface area contributed by atoms with E-state index in [0.29, 0.717) is 12.6 Å². The van der Waals surface area contributed by atoms with Crippen LogP contribution < -0.4 is 14.2 Å². The lowest BCUT2D eigenvalue weighted by Crippen LogP contribution is -2.35. The number of aromatic nitrogens is 1. The number of hydrogen-bond donors (Lipinski definition) is 0. The molecule has 29 heavy (non-hydrogen) atoms. The van der Waals surface area contributed by atoms with Crippen molar-refractivity contribution in [2.45, 2.75) is 44.8 Å². The van der Waals surface area contributed by atoms with Crippen LogP contribution in [0.15, 0.2) is 41.5 Å². The van der Waals surface area contributed by atoms with E-state index in [-0.39, 0.29) is 18.9 Å². The number of aliphatic imine (C=N–C) groups is 1. The zero-order valence-corrected chi connectivity index (χ0v) is 17.5. The van der Waals surface area contributed by atoms with E-state index in [0.717, 1.165) is 52.3 Å². The van der Waals surface area contributed by atoms with Gasteiger partial charge in [-0.25, -0.2) is 0 Å². The summed E-state index contributed by atoms with van der Waals surface area (Å²) in [5.41, 5.74) is 2.08. The van der Waals surface area contributed by atoms with Gasteiger partial charge in [0.25, 0.3) is 0 Å². The first-order chi connectivity index (χ1) is 14.3. The molecule has 0 spiro atoms. The number of thioether (sulfide) groups is 1. The fourth-order valence-electron chi connectivity index (χ4n) is 4.19. The van der Waals surface area contributed by atoms with E-state index in [1.54, 1.807) is 0 Å². The summed E-state index contributed by atoms with van der Waals surface area (Å²) in [6.45, 7) is 5.27. The minimum atomic E-state index is -0.0719. The van der Waals surface area contributed by atoms with Gasteiger partial charge in [0.2, 0.25) is 6.79 Å². The Balaban J connectivity index is 1.63. The normalized spacial score (nSPS) is 24.6. The van der Waals surface area contributed by atoms with Gasteiger partial charge in [-0.15, -0.1) is 0 Å². The maximum atomic E-state index is 6.19. The molecule has 5 rings (SSSR count). The number of amidine groups is 1. The Morgan fingerprint density at radius 3 is 2.83 bits per heavy atom. The molecule has 0 amide bonds. The number of hydrogen-bond acceptors (Lipinski definition) is 7. The van der Waals surface area contributed by atoms with Crippen molar-refractivity contribution in [1.29, 1.82) is 0 Å². The monoisotopic (exact) mass is 411 g/mol. The molecule has 0 radical (unpaired) electrons. The summed E-state index contributed by atoms with van der Waals surface area (Å²) in [5.74, 6) is 3.44. The van der Waals surface area contributed by atoms with Gasteiger partial charge < -0.3 is 19.1 Å². The van der Waals surface area contributed by atoms with Crippen LogP contribution in [-0.4, -0.2) is 40.2 Å². The van der Waals surface area contributed by atoms with Gasteiger partial charge in [-0.3, -0.25) is 9.98 Å². The summed E-state index contributed by atoms with van der Waals surface area (Å²) in [4.78, 5) is 12.2. The maximum Gasteiger partial charge on any atom is 0.231 e. The van der Waals surface area contributed by atoms with E-state index >= 15 is 0 Å². The molecule has 152 valence electrons. The van der Waals surface area contributed by atoms with E-state index in [9.17, 15) is 0 Å². The van der Waals surface area contributed by atoms with Crippen molar-refractivity contribution in [3.63, 3.8) is 0 Å². The molecular formula is C22H25N3O3S. The van der Waals surface area contributed by atoms with Crippen LogP contribution in [0.5, 0.6) is 17.2 Å². The summed E-state index contributed by atoms with van der Waals surface area (Å²) < 4.78 is 17.5. The fraction of sp³-hybridized carbons (Fsp3) is 0.455. The van der Waals surface area contributed by atoms with Crippen LogP contribution in [0.3, 0.4) is 0 Å². The topological polar surface area (TPSA) is 56.2 Å². The molecule has 3 atom stereocenters. The highest BCUT2D eigenvalue weighted by atomic mass is 32.2. The summed E-state index contributed by atoms with van der Waals surface area (Å²) >= 11 is 1.84. The number of benzene rings is 1. The zero-order chi connectivity index (χ0) is 19.8. The first-order valence-corrected chi connectivity index (χ1v) is 11.2. The highest BCUT2D eigenvalue weighted by molar-refractivity contribution is 8.14. The smallest absolute Gasteiger partial charge is 0.231 e. The Morgan fingerprint density at radius 2 is 2.07 bits per heavy atom. The predicted octanol–water partition coefficient (Wildman–Crippen LogP) is 4.58. The first kappa shape index (κ1) is 18.6. The zero-order valence-electron chi connectivity index (χ0n) is 16.7. The van der Waals surface area contributed by atoms with Crippen LogP contribution in [0, 0.1) is 0 Å². The Labute approximate surface area is 175 Å². The number of fused-ring (bicyclic) bond motifs is 2. The molecule has 1 saturated heterocycles. The second-order valence-electron chi connectivity index (χ2n) is 7.43. The predicted molar refractivity (Wildman–Crippen MR) is 114 cm³/mol. The molecule has 0 N–H and O–H groups in total. The molecule has 6 nitrogen and oxygen atoms in total. The largest absolute Gasteiger partial charge is 0.493 e. The fourth-order valence-corrected chi connectivity index (χ4v) is 5.53. The van der Waals surface area contributed by atoms with Gasteiger partial charge in [0.15, 0.2) is 16.7 Å². The van der Waals surface area contributed by atoms with Crippen molar-refractivity contribution in [3.8, 4) is 17.2 Å². The lowest BCUT2D eigenvalue weighted by Gasteiger charge is -2.33. The summed E-state index contributed by atoms with van der Waals surface area (Å²) in [5, 5.41) is 1.11. The quantitative estimate of drug-likeness (QED) is 0.694. The average Bonchev–Trinajstić information content (AvgIpc) is 3.46. The minimum absolute atomic E-state index is 0.0289. The molecule has 1 aromatic heterocycles. The number of pyridine rings is 1. The standard InChI is InChI=1S/C22H25N3O3S/c1-3-9-26-17-11-19-18(27-13-28-19)10-15(17)21-20(16-7-5-6-8-23-16)24-22-25(21)14(4-2)12-29-22/h5-8,10-11,14,20-21H,3-4,9,12-13H2,1-2H3. The highest BCUT2D eigenvalue weighted by Gasteiger charge is 2.47. The molecule has 0 aliphatic carbocycles. The SMILES string of the molecule is CCCOc1cc2c(cc1C1C(c3ccccn3)N=C3SCC(CC)N31)OCO2. The Morgan fingerprint density at radius 1 is 1.21 bits per heavy atom. The Bertz CT molecular complexity index is 921. The van der Waals surface area contributed by atoms with Crippen molar-refractivity contribution < 1.29 is 14.2 Å². The Hall–Kier alpha value is -2.41. The number of rotatable bonds is 6. The average molecular weight is 412 g/mol. The molecule has 4 heterocycles. The third kappa shape index (κ3) is 3.21. The van der Waals surface area contributed by atoms with Gasteiger partial charge in [-0.1, -0.05) is 31.7 Å². The van der Waals surface area contributed by atoms with Crippen molar-refractivity contribution in [2.24, 2.45) is 4.99 Å². The summed E-state index contributed by atoms with van der Waals surface area (Å²) in [6, 6.07) is 10.5. The lowest BCUT2D eigenvalue weighted by atomic mass is 9.94. The van der Waals surface area contributed by atoms with Gasteiger partial charge in [0.1, 0.15) is 11.8 Å². The van der Waals surface area contributed by atoms with E-state index in [4.69, 9.17) is 19.2 Å². The third-order valence-electron chi connectivity index (χ3n) is 5.61. The van der Waals surface area contributed by atoms with Crippen LogP contribution in [0.4, 0.5) is 0 Å². The van der Waals surface area contributed by atoms with Crippen LogP contribution in [0.25, 0.3) is 0 Å². The molecule has 0 saturated carbocycles. The number of nitrogens with zero attached hydrogens (tertiary/aromatic N) is 3. The van der Waals surface area contributed by atoms with Gasteiger partial charge in [0, 0.05) is 29.6 Å². The molecular weight excluding hydrogens is 386 g/mol. The van der Waals surface area contributed by atoms with Crippen LogP contribution in [0.2, 0.25) is 0 Å². The molecule has 3 unspecified atom stereocenters. The maximum absolute atomic E-state index is 6.19. The van der Waals surface area contributed by atoms with Gasteiger partial charge in [-0.05, 0) is 31.0 Å². The Kier molecular flexibility index (Phi) is 4.99. The van der Waals surface area contributed by atoms with E-state index in [1.807, 2.05) is 36.2 Å². The minimum Gasteiger partial charge on any atom is -0.493 e. The molecule has 3 aliphatic heterocycles. The van der Waals surface area contributed by atoms with Crippen LogP contribution in [-0.2, 0) is 0 Å². The molecule has 1 aromatic carbocycles. The lowest BCUT2D eigenvalue weighted by molar-refractivity contribution is 0.173. The van der Waals surface area contributed by atoms with Crippen molar-refractivity contribution in [1.82, 2.24) is 9.88 Å². The third-order valence-corrected chi connectivity index (χ3v) is 6.74. The van der Waals surface area contributed by atoms with Gasteiger partial charge in [0.05, 0.1) is 18.3 Å². The number of ether oxygens (including phenoxy) is 3. The van der Waals surface area contributed by atoms with E-state index in [1.165, 1.54) is 0 Å². The molecule has 0 bridgehead atoms. The van der Waals surface area contributed by atoms with Crippen molar-refractivity contribution in [2.75, 3.05) is 19.2 Å².